The lowest BCUT2D eigenvalue weighted by Gasteiger charge is -2.27. The van der Waals surface area contributed by atoms with Crippen LogP contribution in [-0.4, -0.2) is 40.4 Å². The summed E-state index contributed by atoms with van der Waals surface area (Å²) in [6.45, 7) is 8.29. The molecule has 1 aromatic heterocycles. The first-order valence-corrected chi connectivity index (χ1v) is 11.2. The van der Waals surface area contributed by atoms with Gasteiger partial charge < -0.3 is 19.7 Å². The molecule has 0 unspecified atom stereocenters. The lowest BCUT2D eigenvalue weighted by atomic mass is 10.1. The van der Waals surface area contributed by atoms with Crippen LogP contribution in [0.15, 0.2) is 42.5 Å². The predicted molar refractivity (Wildman–Crippen MR) is 126 cm³/mol. The van der Waals surface area contributed by atoms with Crippen molar-refractivity contribution in [3.8, 4) is 23.1 Å². The van der Waals surface area contributed by atoms with Crippen LogP contribution in [0.4, 0.5) is 13.6 Å². The van der Waals surface area contributed by atoms with E-state index >= 15 is 0 Å². The van der Waals surface area contributed by atoms with E-state index < -0.39 is 11.6 Å². The number of amides is 2. The van der Waals surface area contributed by atoms with Gasteiger partial charge in [0.1, 0.15) is 11.6 Å². The summed E-state index contributed by atoms with van der Waals surface area (Å²) >= 11 is 0. The smallest absolute Gasteiger partial charge is 0.317 e. The number of nitrogens with zero attached hydrogens (tertiary/aromatic N) is 3. The molecular formula is C25H30F2N4O3. The highest BCUT2D eigenvalue weighted by molar-refractivity contribution is 5.74. The summed E-state index contributed by atoms with van der Waals surface area (Å²) in [5.74, 6) is -0.765. The molecule has 3 aromatic rings. The molecule has 3 rings (SSSR count). The van der Waals surface area contributed by atoms with Crippen LogP contribution in [0.3, 0.4) is 0 Å². The molecule has 2 aromatic carbocycles. The van der Waals surface area contributed by atoms with Crippen LogP contribution in [0.5, 0.6) is 17.4 Å². The number of methoxy groups -OCH3 is 1. The second-order valence-electron chi connectivity index (χ2n) is 7.93. The van der Waals surface area contributed by atoms with E-state index in [1.54, 1.807) is 41.0 Å². The quantitative estimate of drug-likeness (QED) is 0.449. The molecule has 0 saturated carbocycles. The standard InChI is InChI=1S/C25H30F2N4O3/c1-6-22-20(15-30(16(3)4)25(32)28-7-2)24(34-23-13-8-17(26)14-21(23)27)31(29-22)18-9-11-19(33-5)12-10-18/h8-14,16H,6-7,15H2,1-5H3,(H,28,32). The van der Waals surface area contributed by atoms with Gasteiger partial charge in [0.2, 0.25) is 5.88 Å². The van der Waals surface area contributed by atoms with Gasteiger partial charge in [-0.05, 0) is 63.6 Å². The number of carbonyl (C=O) groups is 1. The maximum absolute atomic E-state index is 14.5. The number of urea groups is 1. The number of hydrogen-bond donors (Lipinski definition) is 1. The van der Waals surface area contributed by atoms with Crippen molar-refractivity contribution in [3.05, 3.63) is 65.4 Å². The third-order valence-electron chi connectivity index (χ3n) is 5.31. The van der Waals surface area contributed by atoms with Crippen molar-refractivity contribution in [1.82, 2.24) is 20.0 Å². The van der Waals surface area contributed by atoms with Gasteiger partial charge in [0.25, 0.3) is 0 Å². The molecule has 7 nitrogen and oxygen atoms in total. The summed E-state index contributed by atoms with van der Waals surface area (Å²) < 4.78 is 40.8. The van der Waals surface area contributed by atoms with Gasteiger partial charge in [-0.3, -0.25) is 0 Å². The first-order valence-electron chi connectivity index (χ1n) is 11.2. The zero-order chi connectivity index (χ0) is 24.8. The topological polar surface area (TPSA) is 68.6 Å². The lowest BCUT2D eigenvalue weighted by Crippen LogP contribution is -2.43. The molecule has 182 valence electrons. The number of benzene rings is 2. The van der Waals surface area contributed by atoms with Gasteiger partial charge in [-0.25, -0.2) is 18.3 Å². The highest BCUT2D eigenvalue weighted by Crippen LogP contribution is 2.34. The van der Waals surface area contributed by atoms with E-state index in [4.69, 9.17) is 14.6 Å². The van der Waals surface area contributed by atoms with Crippen LogP contribution in [0, 0.1) is 11.6 Å². The first-order chi connectivity index (χ1) is 16.3. The van der Waals surface area contributed by atoms with Crippen molar-refractivity contribution in [2.75, 3.05) is 13.7 Å². The summed E-state index contributed by atoms with van der Waals surface area (Å²) in [6.07, 6.45) is 0.558. The second-order valence-corrected chi connectivity index (χ2v) is 7.93. The lowest BCUT2D eigenvalue weighted by molar-refractivity contribution is 0.179. The molecule has 9 heteroatoms. The minimum atomic E-state index is -0.837. The third-order valence-corrected chi connectivity index (χ3v) is 5.31. The molecular weight excluding hydrogens is 442 g/mol. The van der Waals surface area contributed by atoms with Gasteiger partial charge in [-0.1, -0.05) is 6.92 Å². The van der Waals surface area contributed by atoms with Gasteiger partial charge >= 0.3 is 6.03 Å². The Bertz CT molecular complexity index is 1130. The highest BCUT2D eigenvalue weighted by atomic mass is 19.1. The Labute approximate surface area is 198 Å². The summed E-state index contributed by atoms with van der Waals surface area (Å²) in [5, 5.41) is 7.54. The summed E-state index contributed by atoms with van der Waals surface area (Å²) in [4.78, 5) is 14.4. The Hall–Kier alpha value is -3.62. The number of aromatic nitrogens is 2. The SMILES string of the molecule is CCNC(=O)N(Cc1c(CC)nn(-c2ccc(OC)cc2)c1Oc1ccc(F)cc1F)C(C)C. The molecule has 1 N–H and O–H groups in total. The van der Waals surface area contributed by atoms with Crippen LogP contribution in [0.2, 0.25) is 0 Å². The number of halogens is 2. The number of ether oxygens (including phenoxy) is 2. The number of rotatable bonds is 9. The van der Waals surface area contributed by atoms with E-state index in [1.165, 1.54) is 6.07 Å². The fourth-order valence-corrected chi connectivity index (χ4v) is 3.50. The Morgan fingerprint density at radius 2 is 1.85 bits per heavy atom. The van der Waals surface area contributed by atoms with Crippen molar-refractivity contribution < 1.29 is 23.0 Å². The van der Waals surface area contributed by atoms with Crippen molar-refractivity contribution >= 4 is 6.03 Å². The molecule has 0 aliphatic carbocycles. The number of nitrogens with one attached hydrogen (secondary N) is 1. The van der Waals surface area contributed by atoms with E-state index in [2.05, 4.69) is 5.32 Å². The van der Waals surface area contributed by atoms with Crippen LogP contribution >= 0.6 is 0 Å². The van der Waals surface area contributed by atoms with Gasteiger partial charge in [0, 0.05) is 18.7 Å². The molecule has 0 spiro atoms. The molecule has 0 aliphatic heterocycles. The molecule has 0 atom stereocenters. The molecule has 0 radical (unpaired) electrons. The van der Waals surface area contributed by atoms with Gasteiger partial charge in [0.05, 0.1) is 30.6 Å². The maximum atomic E-state index is 14.5. The van der Waals surface area contributed by atoms with E-state index in [0.29, 0.717) is 35.7 Å². The predicted octanol–water partition coefficient (Wildman–Crippen LogP) is 5.45. The monoisotopic (exact) mass is 472 g/mol. The minimum Gasteiger partial charge on any atom is -0.497 e. The van der Waals surface area contributed by atoms with E-state index in [1.807, 2.05) is 27.7 Å². The Kier molecular flexibility index (Phi) is 8.09. The zero-order valence-corrected chi connectivity index (χ0v) is 20.1. The third kappa shape index (κ3) is 5.47. The van der Waals surface area contributed by atoms with Crippen LogP contribution in [-0.2, 0) is 13.0 Å². The molecule has 2 amide bonds. The molecule has 1 heterocycles. The molecule has 34 heavy (non-hydrogen) atoms. The fourth-order valence-electron chi connectivity index (χ4n) is 3.50. The summed E-state index contributed by atoms with van der Waals surface area (Å²) in [7, 11) is 1.57. The van der Waals surface area contributed by atoms with E-state index in [9.17, 15) is 13.6 Å². The molecule has 0 fully saturated rings. The first kappa shape index (κ1) is 25.0. The normalized spacial score (nSPS) is 10.9. The summed E-state index contributed by atoms with van der Waals surface area (Å²) in [5.41, 5.74) is 2.00. The van der Waals surface area contributed by atoms with Crippen molar-refractivity contribution in [1.29, 1.82) is 0 Å². The number of hydrogen-bond acceptors (Lipinski definition) is 4. The van der Waals surface area contributed by atoms with Crippen LogP contribution in [0.25, 0.3) is 5.69 Å². The zero-order valence-electron chi connectivity index (χ0n) is 20.1. The largest absolute Gasteiger partial charge is 0.497 e. The average Bonchev–Trinajstić information content (AvgIpc) is 3.16. The molecule has 0 aliphatic rings. The van der Waals surface area contributed by atoms with Crippen LogP contribution in [0.1, 0.15) is 39.0 Å². The van der Waals surface area contributed by atoms with Crippen LogP contribution < -0.4 is 14.8 Å². The minimum absolute atomic E-state index is 0.115. The van der Waals surface area contributed by atoms with E-state index in [0.717, 1.165) is 12.1 Å². The number of aryl methyl sites for hydroxylation is 1. The maximum Gasteiger partial charge on any atom is 0.317 e. The summed E-state index contributed by atoms with van der Waals surface area (Å²) in [6, 6.07) is 9.93. The average molecular weight is 473 g/mol. The van der Waals surface area contributed by atoms with Gasteiger partial charge in [-0.15, -0.1) is 0 Å². The Morgan fingerprint density at radius 1 is 1.15 bits per heavy atom. The Balaban J connectivity index is 2.15. The van der Waals surface area contributed by atoms with E-state index in [-0.39, 0.29) is 30.2 Å². The second kappa shape index (κ2) is 11.0. The van der Waals surface area contributed by atoms with Crippen molar-refractivity contribution in [2.24, 2.45) is 0 Å². The highest BCUT2D eigenvalue weighted by Gasteiger charge is 2.26. The van der Waals surface area contributed by atoms with Crippen molar-refractivity contribution in [2.45, 2.75) is 46.7 Å². The van der Waals surface area contributed by atoms with Gasteiger partial charge in [-0.2, -0.15) is 5.10 Å². The fraction of sp³-hybridized carbons (Fsp3) is 0.360. The number of carbonyl (C=O) groups excluding carboxylic acids is 1. The van der Waals surface area contributed by atoms with Crippen molar-refractivity contribution in [3.63, 3.8) is 0 Å². The molecule has 0 saturated heterocycles. The Morgan fingerprint density at radius 3 is 2.41 bits per heavy atom. The molecule has 0 bridgehead atoms. The van der Waals surface area contributed by atoms with Gasteiger partial charge in [0.15, 0.2) is 11.6 Å².